The summed E-state index contributed by atoms with van der Waals surface area (Å²) in [5.74, 6) is 0.162. The van der Waals surface area contributed by atoms with E-state index in [1.807, 2.05) is 12.1 Å². The zero-order valence-corrected chi connectivity index (χ0v) is 19.7. The molecular weight excluding hydrogens is 467 g/mol. The first kappa shape index (κ1) is 23.9. The number of nitrogens with one attached hydrogen (secondary N) is 1. The molecule has 4 rings (SSSR count). The Bertz CT molecular complexity index is 1270. The van der Waals surface area contributed by atoms with Gasteiger partial charge in [0.1, 0.15) is 17.2 Å². The molecule has 0 aliphatic carbocycles. The normalized spacial score (nSPS) is 11.8. The van der Waals surface area contributed by atoms with Gasteiger partial charge in [-0.25, -0.2) is 4.57 Å². The molecule has 0 heterocycles. The van der Waals surface area contributed by atoms with E-state index in [2.05, 4.69) is 5.32 Å². The van der Waals surface area contributed by atoms with E-state index >= 15 is 0 Å². The summed E-state index contributed by atoms with van der Waals surface area (Å²) in [4.78, 5) is 10.6. The van der Waals surface area contributed by atoms with Gasteiger partial charge in [0.25, 0.3) is 5.69 Å². The van der Waals surface area contributed by atoms with E-state index in [1.165, 1.54) is 31.4 Å². The van der Waals surface area contributed by atoms with Crippen LogP contribution in [0.3, 0.4) is 0 Å². The predicted molar refractivity (Wildman–Crippen MR) is 134 cm³/mol. The summed E-state index contributed by atoms with van der Waals surface area (Å²) in [6.07, 6.45) is 0. The Morgan fingerprint density at radius 1 is 0.771 bits per heavy atom. The molecule has 0 spiro atoms. The molecule has 0 unspecified atom stereocenters. The first-order valence-electron chi connectivity index (χ1n) is 10.7. The summed E-state index contributed by atoms with van der Waals surface area (Å²) in [7, 11) is -2.54. The smallest absolute Gasteiger partial charge is 0.457 e. The lowest BCUT2D eigenvalue weighted by Gasteiger charge is -2.30. The summed E-state index contributed by atoms with van der Waals surface area (Å²) < 4.78 is 32.3. The third-order valence-electron chi connectivity index (χ3n) is 5.08. The van der Waals surface area contributed by atoms with Crippen LogP contribution in [-0.4, -0.2) is 12.0 Å². The second-order valence-electron chi connectivity index (χ2n) is 7.44. The zero-order valence-electron chi connectivity index (χ0n) is 18.8. The molecule has 1 atom stereocenters. The Kier molecular flexibility index (Phi) is 7.33. The number of rotatable bonds is 10. The highest BCUT2D eigenvalue weighted by atomic mass is 31.2. The Balaban J connectivity index is 1.82. The Labute approximate surface area is 202 Å². The molecule has 0 saturated heterocycles. The van der Waals surface area contributed by atoms with Crippen molar-refractivity contribution in [2.24, 2.45) is 0 Å². The maximum atomic E-state index is 14.6. The molecule has 0 saturated carbocycles. The maximum Gasteiger partial charge on any atom is 0.457 e. The SMILES string of the molecule is COc1ccccc1[C@@H](Nc1ccc([N+](=O)[O-])cc1)P(=O)(Oc1ccccc1)Oc1ccccc1. The van der Waals surface area contributed by atoms with Crippen molar-refractivity contribution < 1.29 is 23.3 Å². The largest absolute Gasteiger partial charge is 0.496 e. The van der Waals surface area contributed by atoms with E-state index in [9.17, 15) is 14.7 Å². The Hall–Kier alpha value is -4.29. The van der Waals surface area contributed by atoms with Gasteiger partial charge in [-0.2, -0.15) is 0 Å². The zero-order chi connectivity index (χ0) is 24.7. The number of para-hydroxylation sites is 3. The fraction of sp³-hybridized carbons (Fsp3) is 0.0769. The van der Waals surface area contributed by atoms with Gasteiger partial charge in [0, 0.05) is 23.4 Å². The molecule has 0 radical (unpaired) electrons. The lowest BCUT2D eigenvalue weighted by Crippen LogP contribution is -2.19. The van der Waals surface area contributed by atoms with Gasteiger partial charge in [0.2, 0.25) is 0 Å². The van der Waals surface area contributed by atoms with Crippen LogP contribution in [0.15, 0.2) is 109 Å². The number of hydrogen-bond acceptors (Lipinski definition) is 7. The quantitative estimate of drug-likeness (QED) is 0.144. The van der Waals surface area contributed by atoms with Crippen molar-refractivity contribution in [3.05, 3.63) is 125 Å². The second-order valence-corrected chi connectivity index (χ2v) is 9.40. The van der Waals surface area contributed by atoms with Gasteiger partial charge in [0.05, 0.1) is 12.0 Å². The molecule has 178 valence electrons. The predicted octanol–water partition coefficient (Wildman–Crippen LogP) is 7.07. The van der Waals surface area contributed by atoms with Crippen LogP contribution in [0.5, 0.6) is 17.2 Å². The standard InChI is InChI=1S/C26H23N2O6P/c1-32-25-15-9-8-14-24(25)26(27-20-16-18-21(19-17-20)28(29)30)35(31,33-22-10-4-2-5-11-22)34-23-12-6-3-7-13-23/h2-19,26-27H,1H3/t26-/m0/s1. The second kappa shape index (κ2) is 10.8. The molecule has 0 bridgehead atoms. The molecule has 0 fully saturated rings. The van der Waals surface area contributed by atoms with Gasteiger partial charge >= 0.3 is 7.60 Å². The van der Waals surface area contributed by atoms with Crippen LogP contribution in [0.1, 0.15) is 11.3 Å². The summed E-state index contributed by atoms with van der Waals surface area (Å²) in [6, 6.07) is 30.4. The third-order valence-corrected chi connectivity index (χ3v) is 7.05. The van der Waals surface area contributed by atoms with E-state index in [1.54, 1.807) is 72.8 Å². The molecule has 35 heavy (non-hydrogen) atoms. The number of nitro groups is 1. The van der Waals surface area contributed by atoms with Gasteiger partial charge in [-0.05, 0) is 42.5 Å². The highest BCUT2D eigenvalue weighted by molar-refractivity contribution is 7.55. The van der Waals surface area contributed by atoms with Crippen molar-refractivity contribution >= 4 is 19.0 Å². The number of nitro benzene ring substituents is 1. The minimum atomic E-state index is -4.06. The highest BCUT2D eigenvalue weighted by Crippen LogP contribution is 2.61. The Morgan fingerprint density at radius 2 is 1.29 bits per heavy atom. The van der Waals surface area contributed by atoms with E-state index in [-0.39, 0.29) is 5.69 Å². The molecule has 0 amide bonds. The average Bonchev–Trinajstić information content (AvgIpc) is 2.88. The van der Waals surface area contributed by atoms with Crippen LogP contribution in [0.2, 0.25) is 0 Å². The lowest BCUT2D eigenvalue weighted by atomic mass is 10.2. The summed E-state index contributed by atoms with van der Waals surface area (Å²) >= 11 is 0. The van der Waals surface area contributed by atoms with Gasteiger partial charge in [0.15, 0.2) is 5.78 Å². The number of methoxy groups -OCH3 is 1. The molecule has 4 aromatic rings. The van der Waals surface area contributed by atoms with Crippen LogP contribution in [0, 0.1) is 10.1 Å². The molecule has 0 aliphatic rings. The number of hydrogen-bond donors (Lipinski definition) is 1. The topological polar surface area (TPSA) is 99.9 Å². The fourth-order valence-corrected chi connectivity index (χ4v) is 5.38. The lowest BCUT2D eigenvalue weighted by molar-refractivity contribution is -0.384. The average molecular weight is 490 g/mol. The van der Waals surface area contributed by atoms with Crippen LogP contribution in [-0.2, 0) is 4.57 Å². The maximum absolute atomic E-state index is 14.6. The number of ether oxygens (including phenoxy) is 1. The number of benzene rings is 4. The van der Waals surface area contributed by atoms with E-state index in [4.69, 9.17) is 13.8 Å². The van der Waals surface area contributed by atoms with Gasteiger partial charge in [-0.1, -0.05) is 54.6 Å². The van der Waals surface area contributed by atoms with Crippen molar-refractivity contribution in [3.63, 3.8) is 0 Å². The fourth-order valence-electron chi connectivity index (χ4n) is 3.44. The number of anilines is 1. The molecule has 1 N–H and O–H groups in total. The van der Waals surface area contributed by atoms with Crippen molar-refractivity contribution in [3.8, 4) is 17.2 Å². The van der Waals surface area contributed by atoms with Crippen LogP contribution in [0.4, 0.5) is 11.4 Å². The molecule has 9 heteroatoms. The van der Waals surface area contributed by atoms with Crippen LogP contribution >= 0.6 is 7.60 Å². The molecular formula is C26H23N2O6P. The van der Waals surface area contributed by atoms with Crippen molar-refractivity contribution in [1.82, 2.24) is 0 Å². The van der Waals surface area contributed by atoms with Gasteiger partial charge in [-0.3, -0.25) is 10.1 Å². The monoisotopic (exact) mass is 490 g/mol. The number of non-ortho nitro benzene ring substituents is 1. The summed E-state index contributed by atoms with van der Waals surface area (Å²) in [6.45, 7) is 0. The Morgan fingerprint density at radius 3 is 1.80 bits per heavy atom. The number of nitrogens with zero attached hydrogens (tertiary/aromatic N) is 1. The summed E-state index contributed by atoms with van der Waals surface area (Å²) in [5, 5.41) is 14.3. The first-order valence-corrected chi connectivity index (χ1v) is 12.3. The van der Waals surface area contributed by atoms with Crippen molar-refractivity contribution in [1.29, 1.82) is 0 Å². The molecule has 8 nitrogen and oxygen atoms in total. The molecule has 0 aromatic heterocycles. The molecule has 0 aliphatic heterocycles. The third kappa shape index (κ3) is 5.80. The van der Waals surface area contributed by atoms with Gasteiger partial charge < -0.3 is 19.1 Å². The van der Waals surface area contributed by atoms with E-state index in [0.29, 0.717) is 28.5 Å². The van der Waals surface area contributed by atoms with Crippen molar-refractivity contribution in [2.45, 2.75) is 5.78 Å². The van der Waals surface area contributed by atoms with E-state index < -0.39 is 18.3 Å². The minimum Gasteiger partial charge on any atom is -0.496 e. The minimum absolute atomic E-state index is 0.0614. The molecule has 4 aromatic carbocycles. The van der Waals surface area contributed by atoms with Gasteiger partial charge in [-0.15, -0.1) is 0 Å². The van der Waals surface area contributed by atoms with E-state index in [0.717, 1.165) is 0 Å². The van der Waals surface area contributed by atoms with Crippen LogP contribution in [0.25, 0.3) is 0 Å². The van der Waals surface area contributed by atoms with Crippen molar-refractivity contribution in [2.75, 3.05) is 12.4 Å². The summed E-state index contributed by atoms with van der Waals surface area (Å²) in [5.41, 5.74) is 0.956. The highest BCUT2D eigenvalue weighted by Gasteiger charge is 2.42. The first-order chi connectivity index (χ1) is 17.0. The van der Waals surface area contributed by atoms with Crippen LogP contribution < -0.4 is 19.1 Å².